The number of hydrogen-bond donors (Lipinski definition) is 1. The van der Waals surface area contributed by atoms with Crippen LogP contribution < -0.4 is 5.32 Å². The third kappa shape index (κ3) is 6.28. The monoisotopic (exact) mass is 296 g/mol. The Hall–Kier alpha value is -0.0800. The SMILES string of the molecule is CCNCC1(CN(CC)CC(CC)CC)CCC(C)CC1. The summed E-state index contributed by atoms with van der Waals surface area (Å²) in [7, 11) is 0. The molecule has 21 heavy (non-hydrogen) atoms. The molecule has 1 aliphatic rings. The van der Waals surface area contributed by atoms with Crippen LogP contribution in [0.4, 0.5) is 0 Å². The summed E-state index contributed by atoms with van der Waals surface area (Å²) in [6.45, 7) is 17.8. The third-order valence-corrected chi connectivity index (χ3v) is 5.76. The van der Waals surface area contributed by atoms with Crippen molar-refractivity contribution in [1.29, 1.82) is 0 Å². The highest BCUT2D eigenvalue weighted by atomic mass is 15.1. The maximum Gasteiger partial charge on any atom is 0.00501 e. The Morgan fingerprint density at radius 2 is 1.71 bits per heavy atom. The van der Waals surface area contributed by atoms with Gasteiger partial charge in [0.25, 0.3) is 0 Å². The molecule has 1 saturated carbocycles. The summed E-state index contributed by atoms with van der Waals surface area (Å²) in [5.74, 6) is 1.82. The van der Waals surface area contributed by atoms with Crippen LogP contribution in [-0.2, 0) is 0 Å². The van der Waals surface area contributed by atoms with Crippen LogP contribution in [-0.4, -0.2) is 37.6 Å². The van der Waals surface area contributed by atoms with Crippen molar-refractivity contribution in [1.82, 2.24) is 10.2 Å². The van der Waals surface area contributed by atoms with Crippen molar-refractivity contribution in [2.24, 2.45) is 17.3 Å². The van der Waals surface area contributed by atoms with Gasteiger partial charge in [0.2, 0.25) is 0 Å². The molecule has 0 radical (unpaired) electrons. The minimum atomic E-state index is 0.532. The van der Waals surface area contributed by atoms with Gasteiger partial charge in [-0.3, -0.25) is 0 Å². The number of hydrogen-bond acceptors (Lipinski definition) is 2. The van der Waals surface area contributed by atoms with Crippen LogP contribution in [0.5, 0.6) is 0 Å². The molecule has 0 aromatic heterocycles. The molecular formula is C19H40N2. The zero-order valence-corrected chi connectivity index (χ0v) is 15.4. The molecule has 1 rings (SSSR count). The second-order valence-electron chi connectivity index (χ2n) is 7.47. The van der Waals surface area contributed by atoms with E-state index in [2.05, 4.69) is 44.8 Å². The summed E-state index contributed by atoms with van der Waals surface area (Å²) in [6.07, 6.45) is 8.33. The average molecular weight is 297 g/mol. The Kier molecular flexibility index (Phi) is 8.89. The zero-order valence-electron chi connectivity index (χ0n) is 15.4. The van der Waals surface area contributed by atoms with E-state index in [1.54, 1.807) is 0 Å². The fourth-order valence-corrected chi connectivity index (χ4v) is 3.85. The first-order chi connectivity index (χ1) is 10.1. The van der Waals surface area contributed by atoms with Crippen molar-refractivity contribution in [2.45, 2.75) is 73.1 Å². The van der Waals surface area contributed by atoms with Crippen LogP contribution in [0.25, 0.3) is 0 Å². The van der Waals surface area contributed by atoms with Crippen LogP contribution in [0.15, 0.2) is 0 Å². The highest BCUT2D eigenvalue weighted by Crippen LogP contribution is 2.39. The Morgan fingerprint density at radius 3 is 2.19 bits per heavy atom. The van der Waals surface area contributed by atoms with Gasteiger partial charge in [-0.1, -0.05) is 60.3 Å². The van der Waals surface area contributed by atoms with Crippen molar-refractivity contribution in [3.05, 3.63) is 0 Å². The van der Waals surface area contributed by atoms with E-state index in [4.69, 9.17) is 0 Å². The van der Waals surface area contributed by atoms with E-state index in [1.165, 1.54) is 64.7 Å². The lowest BCUT2D eigenvalue weighted by atomic mass is 9.70. The molecule has 0 aromatic carbocycles. The van der Waals surface area contributed by atoms with E-state index in [9.17, 15) is 0 Å². The van der Waals surface area contributed by atoms with Gasteiger partial charge in [-0.25, -0.2) is 0 Å². The van der Waals surface area contributed by atoms with Gasteiger partial charge in [0.15, 0.2) is 0 Å². The van der Waals surface area contributed by atoms with Crippen molar-refractivity contribution < 1.29 is 0 Å². The predicted molar refractivity (Wildman–Crippen MR) is 94.8 cm³/mol. The summed E-state index contributed by atoms with van der Waals surface area (Å²) in [6, 6.07) is 0. The molecule has 0 atom stereocenters. The maximum absolute atomic E-state index is 3.66. The summed E-state index contributed by atoms with van der Waals surface area (Å²) in [5.41, 5.74) is 0.532. The zero-order chi connectivity index (χ0) is 15.7. The normalized spacial score (nSPS) is 26.7. The van der Waals surface area contributed by atoms with Crippen LogP contribution in [0.3, 0.4) is 0 Å². The number of nitrogens with one attached hydrogen (secondary N) is 1. The lowest BCUT2D eigenvalue weighted by molar-refractivity contribution is 0.0799. The van der Waals surface area contributed by atoms with E-state index < -0.39 is 0 Å². The van der Waals surface area contributed by atoms with Gasteiger partial charge in [-0.2, -0.15) is 0 Å². The Labute approximate surface area is 134 Å². The van der Waals surface area contributed by atoms with Gasteiger partial charge >= 0.3 is 0 Å². The lowest BCUT2D eigenvalue weighted by Gasteiger charge is -2.43. The van der Waals surface area contributed by atoms with Crippen LogP contribution in [0.1, 0.15) is 73.1 Å². The Morgan fingerprint density at radius 1 is 1.10 bits per heavy atom. The van der Waals surface area contributed by atoms with E-state index in [1.807, 2.05) is 0 Å². The predicted octanol–water partition coefficient (Wildman–Crippen LogP) is 4.55. The molecule has 0 bridgehead atoms. The van der Waals surface area contributed by atoms with Gasteiger partial charge < -0.3 is 10.2 Å². The Balaban J connectivity index is 2.64. The summed E-state index contributed by atoms with van der Waals surface area (Å²) < 4.78 is 0. The molecule has 0 spiro atoms. The first-order valence-electron chi connectivity index (χ1n) is 9.52. The number of nitrogens with zero attached hydrogens (tertiary/aromatic N) is 1. The second-order valence-corrected chi connectivity index (χ2v) is 7.47. The minimum Gasteiger partial charge on any atom is -0.316 e. The van der Waals surface area contributed by atoms with Crippen molar-refractivity contribution in [2.75, 3.05) is 32.7 Å². The molecule has 1 aliphatic carbocycles. The molecule has 0 heterocycles. The lowest BCUT2D eigenvalue weighted by Crippen LogP contribution is -2.47. The molecule has 2 nitrogen and oxygen atoms in total. The summed E-state index contributed by atoms with van der Waals surface area (Å²) in [4.78, 5) is 2.74. The van der Waals surface area contributed by atoms with Crippen LogP contribution in [0.2, 0.25) is 0 Å². The molecule has 1 fully saturated rings. The minimum absolute atomic E-state index is 0.532. The molecular weight excluding hydrogens is 256 g/mol. The smallest absolute Gasteiger partial charge is 0.00501 e. The first-order valence-corrected chi connectivity index (χ1v) is 9.52. The van der Waals surface area contributed by atoms with Crippen molar-refractivity contribution in [3.8, 4) is 0 Å². The molecule has 0 unspecified atom stereocenters. The fourth-order valence-electron chi connectivity index (χ4n) is 3.85. The molecule has 0 aromatic rings. The van der Waals surface area contributed by atoms with E-state index in [0.717, 1.165) is 18.4 Å². The highest BCUT2D eigenvalue weighted by molar-refractivity contribution is 4.89. The van der Waals surface area contributed by atoms with E-state index >= 15 is 0 Å². The molecule has 0 saturated heterocycles. The van der Waals surface area contributed by atoms with Crippen LogP contribution >= 0.6 is 0 Å². The summed E-state index contributed by atoms with van der Waals surface area (Å²) >= 11 is 0. The van der Waals surface area contributed by atoms with Gasteiger partial charge in [0.1, 0.15) is 0 Å². The summed E-state index contributed by atoms with van der Waals surface area (Å²) in [5, 5.41) is 3.66. The molecule has 0 aliphatic heterocycles. The fraction of sp³-hybridized carbons (Fsp3) is 1.00. The topological polar surface area (TPSA) is 15.3 Å². The quantitative estimate of drug-likeness (QED) is 0.636. The van der Waals surface area contributed by atoms with Gasteiger partial charge in [-0.15, -0.1) is 0 Å². The number of rotatable bonds is 10. The molecule has 0 amide bonds. The van der Waals surface area contributed by atoms with Gasteiger partial charge in [0, 0.05) is 19.6 Å². The van der Waals surface area contributed by atoms with Gasteiger partial charge in [0.05, 0.1) is 0 Å². The molecule has 126 valence electrons. The largest absolute Gasteiger partial charge is 0.316 e. The second kappa shape index (κ2) is 9.84. The first kappa shape index (κ1) is 19.0. The highest BCUT2D eigenvalue weighted by Gasteiger charge is 2.35. The van der Waals surface area contributed by atoms with E-state index in [-0.39, 0.29) is 0 Å². The average Bonchev–Trinajstić information content (AvgIpc) is 2.52. The van der Waals surface area contributed by atoms with E-state index in [0.29, 0.717) is 5.41 Å². The maximum atomic E-state index is 3.66. The molecule has 1 N–H and O–H groups in total. The van der Waals surface area contributed by atoms with Crippen molar-refractivity contribution in [3.63, 3.8) is 0 Å². The standard InChI is InChI=1S/C19H40N2/c1-6-18(7-2)14-21(9-4)16-19(15-20-8-3)12-10-17(5)11-13-19/h17-18,20H,6-16H2,1-5H3. The molecule has 2 heteroatoms. The van der Waals surface area contributed by atoms with Crippen molar-refractivity contribution >= 4 is 0 Å². The third-order valence-electron chi connectivity index (χ3n) is 5.76. The van der Waals surface area contributed by atoms with Gasteiger partial charge in [-0.05, 0) is 43.2 Å². The Bertz CT molecular complexity index is 247. The van der Waals surface area contributed by atoms with Crippen LogP contribution in [0, 0.1) is 17.3 Å².